The van der Waals surface area contributed by atoms with Gasteiger partial charge in [-0.05, 0) is 49.6 Å². The van der Waals surface area contributed by atoms with Crippen molar-refractivity contribution in [3.05, 3.63) is 56.2 Å². The van der Waals surface area contributed by atoms with Gasteiger partial charge in [0.05, 0.1) is 17.0 Å². The van der Waals surface area contributed by atoms with Crippen LogP contribution in [0.15, 0.2) is 40.4 Å². The molecular formula is C13H12ClN5OS2. The standard InChI is InChI=1S/C13H12ClN5OS2/c1-7(17-18-12(15)21)10-6-16-13(22)19(11(10)20)9-4-2-3-8(14)5-9/h2-6H,1H3,(H,16,22)(H3,15,18,21). The zero-order valence-electron chi connectivity index (χ0n) is 11.5. The molecule has 0 saturated heterocycles. The molecule has 9 heteroatoms. The van der Waals surface area contributed by atoms with E-state index < -0.39 is 0 Å². The van der Waals surface area contributed by atoms with Crippen molar-refractivity contribution in [1.82, 2.24) is 15.0 Å². The van der Waals surface area contributed by atoms with Gasteiger partial charge in [0.15, 0.2) is 9.88 Å². The first kappa shape index (κ1) is 16.3. The number of hydrogen-bond donors (Lipinski definition) is 3. The number of nitrogens with two attached hydrogens (primary N) is 1. The fraction of sp³-hybridized carbons (Fsp3) is 0.0769. The minimum absolute atomic E-state index is 0.0124. The highest BCUT2D eigenvalue weighted by molar-refractivity contribution is 7.80. The van der Waals surface area contributed by atoms with Gasteiger partial charge in [-0.15, -0.1) is 0 Å². The molecule has 0 radical (unpaired) electrons. The molecule has 0 atom stereocenters. The van der Waals surface area contributed by atoms with Crippen LogP contribution in [0.1, 0.15) is 12.5 Å². The fourth-order valence-electron chi connectivity index (χ4n) is 1.78. The highest BCUT2D eigenvalue weighted by atomic mass is 35.5. The Balaban J connectivity index is 2.61. The lowest BCUT2D eigenvalue weighted by Crippen LogP contribution is -2.29. The SMILES string of the molecule is CC(=NNC(N)=S)c1c[nH]c(=S)n(-c2cccc(Cl)c2)c1=O. The van der Waals surface area contributed by atoms with Gasteiger partial charge in [0, 0.05) is 11.2 Å². The van der Waals surface area contributed by atoms with E-state index in [1.54, 1.807) is 31.2 Å². The molecule has 1 heterocycles. The summed E-state index contributed by atoms with van der Waals surface area (Å²) in [5, 5.41) is 4.46. The Kier molecular flexibility index (Phi) is 5.07. The molecule has 0 amide bonds. The maximum absolute atomic E-state index is 12.6. The summed E-state index contributed by atoms with van der Waals surface area (Å²) in [4.78, 5) is 15.5. The van der Waals surface area contributed by atoms with Gasteiger partial charge in [-0.25, -0.2) is 0 Å². The topological polar surface area (TPSA) is 88.2 Å². The molecule has 0 bridgehead atoms. The summed E-state index contributed by atoms with van der Waals surface area (Å²) in [5.74, 6) is 0. The number of rotatable bonds is 3. The summed E-state index contributed by atoms with van der Waals surface area (Å²) in [6.45, 7) is 1.65. The second kappa shape index (κ2) is 6.82. The Hall–Kier alpha value is -2.03. The Labute approximate surface area is 141 Å². The molecule has 1 aromatic carbocycles. The predicted octanol–water partition coefficient (Wildman–Crippen LogP) is 2.11. The van der Waals surface area contributed by atoms with E-state index in [2.05, 4.69) is 27.7 Å². The van der Waals surface area contributed by atoms with Crippen LogP contribution in [-0.2, 0) is 0 Å². The Morgan fingerprint density at radius 1 is 1.50 bits per heavy atom. The summed E-state index contributed by atoms with van der Waals surface area (Å²) in [6.07, 6.45) is 1.49. The molecule has 0 unspecified atom stereocenters. The van der Waals surface area contributed by atoms with Crippen molar-refractivity contribution in [2.75, 3.05) is 0 Å². The van der Waals surface area contributed by atoms with Crippen molar-refractivity contribution in [1.29, 1.82) is 0 Å². The number of nitrogens with one attached hydrogen (secondary N) is 2. The molecule has 0 fully saturated rings. The van der Waals surface area contributed by atoms with Crippen LogP contribution in [-0.4, -0.2) is 20.4 Å². The number of halogens is 1. The summed E-state index contributed by atoms with van der Waals surface area (Å²) >= 11 is 15.8. The smallest absolute Gasteiger partial charge is 0.268 e. The molecule has 22 heavy (non-hydrogen) atoms. The maximum Gasteiger partial charge on any atom is 0.268 e. The number of hydrazone groups is 1. The number of hydrogen-bond acceptors (Lipinski definition) is 4. The van der Waals surface area contributed by atoms with Crippen LogP contribution in [0.2, 0.25) is 5.02 Å². The molecule has 114 valence electrons. The highest BCUT2D eigenvalue weighted by Gasteiger charge is 2.10. The average molecular weight is 354 g/mol. The molecule has 0 aliphatic carbocycles. The van der Waals surface area contributed by atoms with Gasteiger partial charge in [0.1, 0.15) is 0 Å². The normalized spacial score (nSPS) is 11.3. The minimum atomic E-state index is -0.322. The first-order chi connectivity index (χ1) is 10.4. The Morgan fingerprint density at radius 3 is 2.86 bits per heavy atom. The predicted molar refractivity (Wildman–Crippen MR) is 94.4 cm³/mol. The number of aromatic nitrogens is 2. The molecular weight excluding hydrogens is 342 g/mol. The van der Waals surface area contributed by atoms with Crippen LogP contribution in [0.25, 0.3) is 5.69 Å². The third-order valence-corrected chi connectivity index (χ3v) is 3.39. The van der Waals surface area contributed by atoms with Crippen molar-refractivity contribution >= 4 is 46.9 Å². The summed E-state index contributed by atoms with van der Waals surface area (Å²) < 4.78 is 1.60. The first-order valence-corrected chi connectivity index (χ1v) is 7.30. The van der Waals surface area contributed by atoms with Crippen LogP contribution in [0, 0.1) is 4.77 Å². The highest BCUT2D eigenvalue weighted by Crippen LogP contribution is 2.13. The molecule has 2 aromatic rings. The molecule has 0 aliphatic heterocycles. The van der Waals surface area contributed by atoms with Crippen LogP contribution >= 0.6 is 36.0 Å². The molecule has 0 saturated carbocycles. The fourth-order valence-corrected chi connectivity index (χ4v) is 2.26. The lowest BCUT2D eigenvalue weighted by atomic mass is 10.2. The monoisotopic (exact) mass is 353 g/mol. The Bertz CT molecular complexity index is 871. The number of aromatic amines is 1. The quantitative estimate of drug-likeness (QED) is 0.447. The number of thiocarbonyl (C=S) groups is 1. The van der Waals surface area contributed by atoms with Gasteiger partial charge >= 0.3 is 0 Å². The van der Waals surface area contributed by atoms with Gasteiger partial charge in [-0.1, -0.05) is 17.7 Å². The van der Waals surface area contributed by atoms with Crippen LogP contribution in [0.4, 0.5) is 0 Å². The first-order valence-electron chi connectivity index (χ1n) is 6.11. The van der Waals surface area contributed by atoms with E-state index in [9.17, 15) is 4.79 Å². The minimum Gasteiger partial charge on any atom is -0.375 e. The van der Waals surface area contributed by atoms with Gasteiger partial charge in [0.2, 0.25) is 0 Å². The molecule has 6 nitrogen and oxygen atoms in total. The van der Waals surface area contributed by atoms with Crippen molar-refractivity contribution < 1.29 is 0 Å². The van der Waals surface area contributed by atoms with Crippen molar-refractivity contribution in [3.63, 3.8) is 0 Å². The van der Waals surface area contributed by atoms with E-state index in [-0.39, 0.29) is 15.4 Å². The van der Waals surface area contributed by atoms with Crippen molar-refractivity contribution in [2.45, 2.75) is 6.92 Å². The molecule has 0 spiro atoms. The lowest BCUT2D eigenvalue weighted by molar-refractivity contribution is 0.905. The van der Waals surface area contributed by atoms with E-state index in [0.717, 1.165) is 0 Å². The van der Waals surface area contributed by atoms with E-state index in [1.807, 2.05) is 0 Å². The number of nitrogens with zero attached hydrogens (tertiary/aromatic N) is 2. The second-order valence-corrected chi connectivity index (χ2v) is 5.56. The molecule has 2 rings (SSSR count). The maximum atomic E-state index is 12.6. The van der Waals surface area contributed by atoms with Crippen LogP contribution in [0.5, 0.6) is 0 Å². The third kappa shape index (κ3) is 3.59. The van der Waals surface area contributed by atoms with Gasteiger partial charge < -0.3 is 10.7 Å². The van der Waals surface area contributed by atoms with Gasteiger partial charge in [0.25, 0.3) is 5.56 Å². The van der Waals surface area contributed by atoms with E-state index in [4.69, 9.17) is 29.6 Å². The summed E-state index contributed by atoms with van der Waals surface area (Å²) in [7, 11) is 0. The zero-order chi connectivity index (χ0) is 16.3. The van der Waals surface area contributed by atoms with Crippen molar-refractivity contribution in [3.8, 4) is 5.69 Å². The molecule has 0 aliphatic rings. The Morgan fingerprint density at radius 2 is 2.23 bits per heavy atom. The van der Waals surface area contributed by atoms with Crippen LogP contribution < -0.4 is 16.7 Å². The zero-order valence-corrected chi connectivity index (χ0v) is 13.9. The van der Waals surface area contributed by atoms with Crippen molar-refractivity contribution in [2.24, 2.45) is 10.8 Å². The number of benzene rings is 1. The van der Waals surface area contributed by atoms with E-state index in [0.29, 0.717) is 22.0 Å². The summed E-state index contributed by atoms with van der Waals surface area (Å²) in [6, 6.07) is 6.84. The number of H-pyrrole nitrogens is 1. The summed E-state index contributed by atoms with van der Waals surface area (Å²) in [5.41, 5.74) is 8.74. The van der Waals surface area contributed by atoms with E-state index in [1.165, 1.54) is 10.8 Å². The molecule has 1 aromatic heterocycles. The largest absolute Gasteiger partial charge is 0.375 e. The van der Waals surface area contributed by atoms with Crippen LogP contribution in [0.3, 0.4) is 0 Å². The van der Waals surface area contributed by atoms with Gasteiger partial charge in [-0.2, -0.15) is 5.10 Å². The molecule has 4 N–H and O–H groups in total. The van der Waals surface area contributed by atoms with E-state index >= 15 is 0 Å². The second-order valence-electron chi connectivity index (χ2n) is 4.30. The third-order valence-electron chi connectivity index (χ3n) is 2.77. The average Bonchev–Trinajstić information content (AvgIpc) is 2.45. The lowest BCUT2D eigenvalue weighted by Gasteiger charge is -2.09. The van der Waals surface area contributed by atoms with Gasteiger partial charge in [-0.3, -0.25) is 14.8 Å².